The average molecular weight is 543 g/mol. The van der Waals surface area contributed by atoms with E-state index in [0.717, 1.165) is 18.2 Å². The van der Waals surface area contributed by atoms with Gasteiger partial charge in [-0.15, -0.1) is 0 Å². The number of rotatable bonds is 4. The second kappa shape index (κ2) is 9.65. The van der Waals surface area contributed by atoms with Crippen molar-refractivity contribution in [1.29, 1.82) is 0 Å². The highest BCUT2D eigenvalue weighted by atomic mass is 35.5. The van der Waals surface area contributed by atoms with Crippen molar-refractivity contribution in [2.45, 2.75) is 12.4 Å². The van der Waals surface area contributed by atoms with Gasteiger partial charge in [-0.1, -0.05) is 35.0 Å². The standard InChI is InChI=1S/C23H13ClF6N4O3/c24-17-7-6-14(10-16(17)23(28,29)30)31-20(35)32-18-8-3-12(9-15(18)19-33-21(36)37-34-19)11-1-4-13(5-2-11)22(25,26)27/h1-10H,(H2,31,32,35)(H,33,34,36). The molecule has 3 aromatic carbocycles. The number of hydrogen-bond acceptors (Lipinski definition) is 4. The molecule has 4 rings (SSSR count). The number of hydrogen-bond donors (Lipinski definition) is 3. The summed E-state index contributed by atoms with van der Waals surface area (Å²) in [6, 6.07) is 10.4. The molecule has 0 aliphatic rings. The monoisotopic (exact) mass is 542 g/mol. The van der Waals surface area contributed by atoms with Gasteiger partial charge >= 0.3 is 24.1 Å². The van der Waals surface area contributed by atoms with Crippen LogP contribution in [0.25, 0.3) is 22.5 Å². The van der Waals surface area contributed by atoms with E-state index in [-0.39, 0.29) is 22.8 Å². The Morgan fingerprint density at radius 2 is 1.54 bits per heavy atom. The highest BCUT2D eigenvalue weighted by Gasteiger charge is 2.33. The number of anilines is 2. The molecule has 0 saturated carbocycles. The fraction of sp³-hybridized carbons (Fsp3) is 0.0870. The molecule has 0 aliphatic heterocycles. The summed E-state index contributed by atoms with van der Waals surface area (Å²) in [5, 5.41) is 7.70. The van der Waals surface area contributed by atoms with Crippen LogP contribution in [0, 0.1) is 0 Å². The zero-order chi connectivity index (χ0) is 27.0. The first kappa shape index (κ1) is 25.8. The van der Waals surface area contributed by atoms with Crippen LogP contribution in [0.4, 0.5) is 42.5 Å². The molecule has 0 fully saturated rings. The van der Waals surface area contributed by atoms with Crippen LogP contribution in [-0.4, -0.2) is 16.2 Å². The van der Waals surface area contributed by atoms with Crippen LogP contribution in [0.2, 0.25) is 5.02 Å². The molecule has 0 aliphatic carbocycles. The number of benzene rings is 3. The molecule has 7 nitrogen and oxygen atoms in total. The Bertz CT molecular complexity index is 1510. The van der Waals surface area contributed by atoms with Crippen LogP contribution in [0.5, 0.6) is 0 Å². The third-order valence-electron chi connectivity index (χ3n) is 5.04. The van der Waals surface area contributed by atoms with Gasteiger partial charge in [0.25, 0.3) is 0 Å². The molecule has 1 heterocycles. The second-order valence-electron chi connectivity index (χ2n) is 7.55. The van der Waals surface area contributed by atoms with Gasteiger partial charge in [-0.3, -0.25) is 9.51 Å². The predicted molar refractivity (Wildman–Crippen MR) is 122 cm³/mol. The number of H-pyrrole nitrogens is 1. The summed E-state index contributed by atoms with van der Waals surface area (Å²) in [6.07, 6.45) is -9.26. The summed E-state index contributed by atoms with van der Waals surface area (Å²) in [5.74, 6) is -1.02. The van der Waals surface area contributed by atoms with Crippen molar-refractivity contribution in [3.05, 3.63) is 87.4 Å². The van der Waals surface area contributed by atoms with E-state index in [0.29, 0.717) is 17.2 Å². The molecule has 0 unspecified atom stereocenters. The summed E-state index contributed by atoms with van der Waals surface area (Å²) >= 11 is 5.59. The third kappa shape index (κ3) is 5.94. The van der Waals surface area contributed by atoms with Gasteiger partial charge in [-0.25, -0.2) is 9.59 Å². The summed E-state index contributed by atoms with van der Waals surface area (Å²) in [7, 11) is 0. The minimum atomic E-state index is -4.74. The zero-order valence-corrected chi connectivity index (χ0v) is 18.8. The number of amides is 2. The number of nitrogens with zero attached hydrogens (tertiary/aromatic N) is 1. The van der Waals surface area contributed by atoms with Gasteiger partial charge in [0.05, 0.1) is 21.8 Å². The quantitative estimate of drug-likeness (QED) is 0.241. The van der Waals surface area contributed by atoms with E-state index in [1.165, 1.54) is 36.4 Å². The molecule has 192 valence electrons. The summed E-state index contributed by atoms with van der Waals surface area (Å²) < 4.78 is 82.4. The number of urea groups is 1. The smallest absolute Gasteiger partial charge is 0.308 e. The normalized spacial score (nSPS) is 11.9. The molecule has 4 aromatic rings. The number of aromatic amines is 1. The highest BCUT2D eigenvalue weighted by molar-refractivity contribution is 6.31. The summed E-state index contributed by atoms with van der Waals surface area (Å²) in [5.41, 5.74) is -1.22. The van der Waals surface area contributed by atoms with Gasteiger partial charge in [-0.05, 0) is 53.6 Å². The van der Waals surface area contributed by atoms with Crippen molar-refractivity contribution < 1.29 is 35.7 Å². The van der Waals surface area contributed by atoms with Gasteiger partial charge in [0.1, 0.15) is 0 Å². The van der Waals surface area contributed by atoms with Crippen molar-refractivity contribution in [2.75, 3.05) is 10.6 Å². The van der Waals surface area contributed by atoms with E-state index in [2.05, 4.69) is 25.3 Å². The second-order valence-corrected chi connectivity index (χ2v) is 7.96. The minimum absolute atomic E-state index is 0.0581. The Kier molecular flexibility index (Phi) is 6.74. The highest BCUT2D eigenvalue weighted by Crippen LogP contribution is 2.37. The van der Waals surface area contributed by atoms with E-state index in [1.807, 2.05) is 0 Å². The molecule has 0 bridgehead atoms. The van der Waals surface area contributed by atoms with Crippen molar-refractivity contribution in [2.24, 2.45) is 0 Å². The van der Waals surface area contributed by atoms with Crippen LogP contribution >= 0.6 is 11.6 Å². The number of carbonyl (C=O) groups is 1. The molecule has 0 radical (unpaired) electrons. The van der Waals surface area contributed by atoms with Crippen LogP contribution in [0.3, 0.4) is 0 Å². The summed E-state index contributed by atoms with van der Waals surface area (Å²) in [4.78, 5) is 26.3. The Hall–Kier alpha value is -4.26. The van der Waals surface area contributed by atoms with Crippen molar-refractivity contribution in [1.82, 2.24) is 10.1 Å². The van der Waals surface area contributed by atoms with Crippen LogP contribution in [-0.2, 0) is 12.4 Å². The predicted octanol–water partition coefficient (Wildman–Crippen LogP) is 7.03. The molecule has 14 heteroatoms. The van der Waals surface area contributed by atoms with Gasteiger partial charge < -0.3 is 10.6 Å². The Balaban J connectivity index is 1.64. The van der Waals surface area contributed by atoms with Gasteiger partial charge in [0.15, 0.2) is 5.82 Å². The van der Waals surface area contributed by atoms with E-state index in [9.17, 15) is 35.9 Å². The molecule has 3 N–H and O–H groups in total. The number of halogens is 7. The molecule has 0 spiro atoms. The lowest BCUT2D eigenvalue weighted by Gasteiger charge is -2.14. The number of alkyl halides is 6. The van der Waals surface area contributed by atoms with Crippen LogP contribution in [0.1, 0.15) is 11.1 Å². The Morgan fingerprint density at radius 3 is 2.14 bits per heavy atom. The first-order valence-corrected chi connectivity index (χ1v) is 10.5. The van der Waals surface area contributed by atoms with Gasteiger partial charge in [-0.2, -0.15) is 26.3 Å². The third-order valence-corrected chi connectivity index (χ3v) is 5.37. The number of carbonyl (C=O) groups excluding carboxylic acids is 1. The maximum Gasteiger partial charge on any atom is 0.439 e. The molecule has 1 aromatic heterocycles. The van der Waals surface area contributed by atoms with E-state index in [1.54, 1.807) is 0 Å². The fourth-order valence-electron chi connectivity index (χ4n) is 3.33. The first-order chi connectivity index (χ1) is 17.3. The SMILES string of the molecule is O=C(Nc1ccc(Cl)c(C(F)(F)F)c1)Nc1ccc(-c2ccc(C(F)(F)F)cc2)cc1-c1noc(=O)[nH]1. The number of aromatic nitrogens is 2. The summed E-state index contributed by atoms with van der Waals surface area (Å²) in [6.45, 7) is 0. The maximum atomic E-state index is 13.1. The maximum absolute atomic E-state index is 13.1. The van der Waals surface area contributed by atoms with Crippen LogP contribution < -0.4 is 16.4 Å². The van der Waals surface area contributed by atoms with Crippen molar-refractivity contribution in [3.8, 4) is 22.5 Å². The van der Waals surface area contributed by atoms with Gasteiger partial charge in [0, 0.05) is 11.3 Å². The molecule has 37 heavy (non-hydrogen) atoms. The van der Waals surface area contributed by atoms with E-state index in [4.69, 9.17) is 11.6 Å². The zero-order valence-electron chi connectivity index (χ0n) is 18.1. The van der Waals surface area contributed by atoms with Crippen molar-refractivity contribution >= 4 is 29.0 Å². The lowest BCUT2D eigenvalue weighted by atomic mass is 10.00. The lowest BCUT2D eigenvalue weighted by molar-refractivity contribution is -0.138. The fourth-order valence-corrected chi connectivity index (χ4v) is 3.56. The van der Waals surface area contributed by atoms with Crippen LogP contribution in [0.15, 0.2) is 70.0 Å². The molecular weight excluding hydrogens is 530 g/mol. The number of nitrogens with one attached hydrogen (secondary N) is 3. The molecule has 0 atom stereocenters. The van der Waals surface area contributed by atoms with Crippen molar-refractivity contribution in [3.63, 3.8) is 0 Å². The molecule has 2 amide bonds. The largest absolute Gasteiger partial charge is 0.439 e. The van der Waals surface area contributed by atoms with E-state index < -0.39 is 40.3 Å². The molecule has 0 saturated heterocycles. The molecular formula is C23H13ClF6N4O3. The first-order valence-electron chi connectivity index (χ1n) is 10.1. The van der Waals surface area contributed by atoms with Gasteiger partial charge in [0.2, 0.25) is 0 Å². The van der Waals surface area contributed by atoms with E-state index >= 15 is 0 Å². The Morgan fingerprint density at radius 1 is 0.865 bits per heavy atom. The minimum Gasteiger partial charge on any atom is -0.308 e. The lowest BCUT2D eigenvalue weighted by Crippen LogP contribution is -2.20. The average Bonchev–Trinajstić information content (AvgIpc) is 3.25. The topological polar surface area (TPSA) is 100 Å². The Labute approximate surface area is 208 Å².